The van der Waals surface area contributed by atoms with Crippen molar-refractivity contribution in [3.8, 4) is 11.4 Å². The molecule has 144 valence electrons. The Kier molecular flexibility index (Phi) is 4.98. The highest BCUT2D eigenvalue weighted by Crippen LogP contribution is 2.36. The molecule has 27 heavy (non-hydrogen) atoms. The number of rotatable bonds is 4. The monoisotopic (exact) mass is 415 g/mol. The number of aryl methyl sites for hydroxylation is 1. The molecule has 0 radical (unpaired) electrons. The van der Waals surface area contributed by atoms with Gasteiger partial charge in [-0.05, 0) is 30.5 Å². The first-order chi connectivity index (χ1) is 12.6. The van der Waals surface area contributed by atoms with E-state index in [0.717, 1.165) is 17.0 Å². The van der Waals surface area contributed by atoms with Crippen molar-refractivity contribution in [2.75, 3.05) is 12.0 Å². The normalized spacial score (nSPS) is 12.7. The Morgan fingerprint density at radius 2 is 1.93 bits per heavy atom. The molecule has 1 aromatic carbocycles. The first kappa shape index (κ1) is 19.7. The molecule has 0 aliphatic heterocycles. The molecule has 3 aromatic rings. The summed E-state index contributed by atoms with van der Waals surface area (Å²) in [6.45, 7) is 1.39. The summed E-state index contributed by atoms with van der Waals surface area (Å²) in [5.74, 6) is -0.0726. The topological polar surface area (TPSA) is 64.8 Å². The van der Waals surface area contributed by atoms with E-state index >= 15 is 0 Å². The van der Waals surface area contributed by atoms with Crippen LogP contribution in [0.3, 0.4) is 0 Å². The zero-order valence-corrected chi connectivity index (χ0v) is 16.3. The van der Waals surface area contributed by atoms with Crippen LogP contribution in [-0.4, -0.2) is 35.0 Å². The minimum atomic E-state index is -4.64. The molecule has 3 rings (SSSR count). The van der Waals surface area contributed by atoms with Crippen LogP contribution in [0.5, 0.6) is 0 Å². The summed E-state index contributed by atoms with van der Waals surface area (Å²) in [4.78, 5) is 9.24. The molecule has 10 heteroatoms. The Morgan fingerprint density at radius 1 is 1.22 bits per heavy atom. The van der Waals surface area contributed by atoms with E-state index < -0.39 is 21.6 Å². The van der Waals surface area contributed by atoms with Gasteiger partial charge in [-0.3, -0.25) is 0 Å². The average molecular weight is 415 g/mol. The number of benzene rings is 1. The van der Waals surface area contributed by atoms with Crippen LogP contribution in [0, 0.1) is 0 Å². The van der Waals surface area contributed by atoms with Crippen molar-refractivity contribution in [1.29, 1.82) is 0 Å². The number of hydrogen-bond acceptors (Lipinski definition) is 5. The van der Waals surface area contributed by atoms with Crippen LogP contribution in [0.2, 0.25) is 0 Å². The van der Waals surface area contributed by atoms with E-state index in [1.807, 2.05) is 6.26 Å². The molecule has 2 aromatic heterocycles. The van der Waals surface area contributed by atoms with Gasteiger partial charge in [-0.15, -0.1) is 11.8 Å². The van der Waals surface area contributed by atoms with Crippen molar-refractivity contribution in [3.05, 3.63) is 36.0 Å². The number of hydrogen-bond donors (Lipinski definition) is 0. The standard InChI is InChI=1S/C17H16F3N3O2S2/c1-4-27(24,25)14-7-10(17(18,19)20)5-6-12(14)15-22-13-8-11(26-3)9-21-16(13)23(15)2/h5-9H,4H2,1-3H3. The van der Waals surface area contributed by atoms with E-state index in [9.17, 15) is 21.6 Å². The van der Waals surface area contributed by atoms with Crippen LogP contribution in [0.4, 0.5) is 13.2 Å². The van der Waals surface area contributed by atoms with Gasteiger partial charge < -0.3 is 4.57 Å². The third-order valence-electron chi connectivity index (χ3n) is 4.18. The van der Waals surface area contributed by atoms with E-state index in [1.165, 1.54) is 18.7 Å². The fraction of sp³-hybridized carbons (Fsp3) is 0.294. The van der Waals surface area contributed by atoms with Gasteiger partial charge in [0.2, 0.25) is 0 Å². The van der Waals surface area contributed by atoms with Gasteiger partial charge in [-0.1, -0.05) is 6.92 Å². The molecule has 0 bridgehead atoms. The Bertz CT molecular complexity index is 1120. The second-order valence-corrected chi connectivity index (χ2v) is 8.95. The number of halogens is 3. The lowest BCUT2D eigenvalue weighted by atomic mass is 10.1. The largest absolute Gasteiger partial charge is 0.416 e. The zero-order valence-electron chi connectivity index (χ0n) is 14.7. The molecule has 0 aliphatic carbocycles. The summed E-state index contributed by atoms with van der Waals surface area (Å²) in [5, 5.41) is 0. The maximum Gasteiger partial charge on any atom is 0.416 e. The lowest BCUT2D eigenvalue weighted by molar-refractivity contribution is -0.137. The molecule has 0 amide bonds. The molecule has 0 spiro atoms. The van der Waals surface area contributed by atoms with Crippen LogP contribution < -0.4 is 0 Å². The molecule has 0 N–H and O–H groups in total. The number of fused-ring (bicyclic) bond motifs is 1. The van der Waals surface area contributed by atoms with Gasteiger partial charge in [0.25, 0.3) is 0 Å². The molecule has 0 unspecified atom stereocenters. The van der Waals surface area contributed by atoms with Gasteiger partial charge in [0, 0.05) is 23.7 Å². The minimum absolute atomic E-state index is 0.121. The van der Waals surface area contributed by atoms with Crippen LogP contribution >= 0.6 is 11.8 Å². The summed E-state index contributed by atoms with van der Waals surface area (Å²) in [6.07, 6.45) is -1.10. The molecule has 5 nitrogen and oxygen atoms in total. The maximum absolute atomic E-state index is 13.1. The fourth-order valence-corrected chi connectivity index (χ4v) is 4.21. The smallest absolute Gasteiger partial charge is 0.312 e. The molecule has 0 atom stereocenters. The SMILES string of the molecule is CCS(=O)(=O)c1cc(C(F)(F)F)ccc1-c1nc2cc(SC)cnc2n1C. The van der Waals surface area contributed by atoms with E-state index in [0.29, 0.717) is 17.2 Å². The number of alkyl halides is 3. The highest BCUT2D eigenvalue weighted by atomic mass is 32.2. The Hall–Kier alpha value is -2.07. The molecule has 0 saturated carbocycles. The molecule has 0 saturated heterocycles. The number of thioether (sulfide) groups is 1. The lowest BCUT2D eigenvalue weighted by Gasteiger charge is -2.13. The Morgan fingerprint density at radius 3 is 2.52 bits per heavy atom. The van der Waals surface area contributed by atoms with Crippen molar-refractivity contribution in [2.24, 2.45) is 7.05 Å². The maximum atomic E-state index is 13.1. The summed E-state index contributed by atoms with van der Waals surface area (Å²) in [7, 11) is -2.26. The van der Waals surface area contributed by atoms with Crippen molar-refractivity contribution < 1.29 is 21.6 Å². The zero-order chi connectivity index (χ0) is 20.0. The fourth-order valence-electron chi connectivity index (χ4n) is 2.71. The van der Waals surface area contributed by atoms with E-state index in [4.69, 9.17) is 0 Å². The van der Waals surface area contributed by atoms with Crippen LogP contribution in [0.1, 0.15) is 12.5 Å². The van der Waals surface area contributed by atoms with Gasteiger partial charge in [-0.2, -0.15) is 13.2 Å². The van der Waals surface area contributed by atoms with Crippen LogP contribution in [0.15, 0.2) is 40.3 Å². The highest BCUT2D eigenvalue weighted by molar-refractivity contribution is 7.98. The quantitative estimate of drug-likeness (QED) is 0.599. The average Bonchev–Trinajstić information content (AvgIpc) is 2.96. The predicted octanol–water partition coefficient (Wildman–Crippen LogP) is 4.17. The molecular weight excluding hydrogens is 399 g/mol. The van der Waals surface area contributed by atoms with Crippen molar-refractivity contribution in [1.82, 2.24) is 14.5 Å². The highest BCUT2D eigenvalue weighted by Gasteiger charge is 2.33. The summed E-state index contributed by atoms with van der Waals surface area (Å²) >= 11 is 1.48. The number of sulfone groups is 1. The van der Waals surface area contributed by atoms with E-state index in [-0.39, 0.29) is 22.0 Å². The first-order valence-electron chi connectivity index (χ1n) is 7.89. The molecule has 2 heterocycles. The van der Waals surface area contributed by atoms with E-state index in [2.05, 4.69) is 9.97 Å². The Balaban J connectivity index is 2.31. The molecular formula is C17H16F3N3O2S2. The third-order valence-corrected chi connectivity index (χ3v) is 6.65. The van der Waals surface area contributed by atoms with Gasteiger partial charge in [-0.25, -0.2) is 18.4 Å². The number of nitrogens with zero attached hydrogens (tertiary/aromatic N) is 3. The Labute approximate surface area is 158 Å². The van der Waals surface area contributed by atoms with Crippen LogP contribution in [0.25, 0.3) is 22.6 Å². The first-order valence-corrected chi connectivity index (χ1v) is 10.8. The second kappa shape index (κ2) is 6.83. The third kappa shape index (κ3) is 3.55. The summed E-state index contributed by atoms with van der Waals surface area (Å²) < 4.78 is 65.8. The number of pyridine rings is 1. The van der Waals surface area contributed by atoms with Crippen LogP contribution in [-0.2, 0) is 23.1 Å². The summed E-state index contributed by atoms with van der Waals surface area (Å²) in [5.41, 5.74) is 0.164. The van der Waals surface area contributed by atoms with Gasteiger partial charge in [0.05, 0.1) is 16.2 Å². The van der Waals surface area contributed by atoms with Crippen molar-refractivity contribution in [2.45, 2.75) is 22.9 Å². The number of aromatic nitrogens is 3. The van der Waals surface area contributed by atoms with Crippen molar-refractivity contribution >= 4 is 32.8 Å². The predicted molar refractivity (Wildman–Crippen MR) is 98.5 cm³/mol. The molecule has 0 aliphatic rings. The lowest BCUT2D eigenvalue weighted by Crippen LogP contribution is -2.11. The van der Waals surface area contributed by atoms with Gasteiger partial charge >= 0.3 is 6.18 Å². The molecule has 0 fully saturated rings. The van der Waals surface area contributed by atoms with E-state index in [1.54, 1.807) is 23.9 Å². The van der Waals surface area contributed by atoms with Crippen molar-refractivity contribution in [3.63, 3.8) is 0 Å². The second-order valence-electron chi connectivity index (χ2n) is 5.82. The minimum Gasteiger partial charge on any atom is -0.312 e. The van der Waals surface area contributed by atoms with Gasteiger partial charge in [0.1, 0.15) is 11.3 Å². The summed E-state index contributed by atoms with van der Waals surface area (Å²) in [6, 6.07) is 4.50. The number of imidazole rings is 1. The van der Waals surface area contributed by atoms with Gasteiger partial charge in [0.15, 0.2) is 15.5 Å².